The van der Waals surface area contributed by atoms with Crippen LogP contribution < -0.4 is 0 Å². The molecule has 0 heterocycles. The van der Waals surface area contributed by atoms with Crippen molar-refractivity contribution in [3.63, 3.8) is 0 Å². The van der Waals surface area contributed by atoms with Gasteiger partial charge in [0.2, 0.25) is 0 Å². The molecule has 0 N–H and O–H groups in total. The van der Waals surface area contributed by atoms with Gasteiger partial charge in [-0.15, -0.1) is 0 Å². The molecule has 6 nitrogen and oxygen atoms in total. The van der Waals surface area contributed by atoms with Crippen molar-refractivity contribution in [3.05, 3.63) is 0 Å². The van der Waals surface area contributed by atoms with Crippen LogP contribution in [0.15, 0.2) is 0 Å². The van der Waals surface area contributed by atoms with Crippen molar-refractivity contribution in [2.45, 2.75) is 118 Å². The molecule has 0 aliphatic heterocycles. The Hall–Kier alpha value is -1.59. The molecule has 0 bridgehead atoms. The minimum Gasteiger partial charge on any atom is -0.464 e. The summed E-state index contributed by atoms with van der Waals surface area (Å²) in [5.74, 6) is -2.49. The maximum atomic E-state index is 13.0. The van der Waals surface area contributed by atoms with E-state index in [4.69, 9.17) is 14.2 Å². The summed E-state index contributed by atoms with van der Waals surface area (Å²) in [7, 11) is 0. The smallest absolute Gasteiger partial charge is 0.335 e. The molecule has 0 saturated heterocycles. The standard InChI is InChI=1S/C25H46O6/c1-5-9-12-15-19-29-22(26)25(18-8-4,23(27)30-20-16-13-10-6-2)24(28)31-21-17-14-11-7-3/h5-21H2,1-4H3. The van der Waals surface area contributed by atoms with Crippen molar-refractivity contribution in [1.82, 2.24) is 0 Å². The third-order valence-electron chi connectivity index (χ3n) is 5.36. The van der Waals surface area contributed by atoms with E-state index in [2.05, 4.69) is 20.8 Å². The number of unbranched alkanes of at least 4 members (excludes halogenated alkanes) is 9. The van der Waals surface area contributed by atoms with Gasteiger partial charge in [0.05, 0.1) is 19.8 Å². The molecule has 182 valence electrons. The summed E-state index contributed by atoms with van der Waals surface area (Å²) in [6, 6.07) is 0. The number of hydrogen-bond donors (Lipinski definition) is 0. The first-order valence-electron chi connectivity index (χ1n) is 12.5. The highest BCUT2D eigenvalue weighted by atomic mass is 16.6. The largest absolute Gasteiger partial charge is 0.464 e. The predicted molar refractivity (Wildman–Crippen MR) is 123 cm³/mol. The van der Waals surface area contributed by atoms with Gasteiger partial charge in [0.25, 0.3) is 5.41 Å². The molecule has 0 aromatic carbocycles. The van der Waals surface area contributed by atoms with E-state index in [0.29, 0.717) is 25.7 Å². The molecule has 0 aromatic heterocycles. The van der Waals surface area contributed by atoms with Gasteiger partial charge in [-0.05, 0) is 25.7 Å². The zero-order valence-electron chi connectivity index (χ0n) is 20.5. The van der Waals surface area contributed by atoms with Crippen LogP contribution in [-0.2, 0) is 28.6 Å². The van der Waals surface area contributed by atoms with Gasteiger partial charge in [-0.1, -0.05) is 91.9 Å². The molecule has 0 rings (SSSR count). The maximum Gasteiger partial charge on any atom is 0.335 e. The molecule has 0 atom stereocenters. The Morgan fingerprint density at radius 2 is 0.806 bits per heavy atom. The lowest BCUT2D eigenvalue weighted by molar-refractivity contribution is -0.185. The summed E-state index contributed by atoms with van der Waals surface area (Å²) in [5.41, 5.74) is -2.02. The Balaban J connectivity index is 5.21. The number of esters is 3. The number of carbonyl (C=O) groups excluding carboxylic acids is 3. The van der Waals surface area contributed by atoms with E-state index in [1.165, 1.54) is 0 Å². The van der Waals surface area contributed by atoms with E-state index in [9.17, 15) is 14.4 Å². The Kier molecular flexibility index (Phi) is 18.1. The second kappa shape index (κ2) is 19.1. The van der Waals surface area contributed by atoms with Crippen molar-refractivity contribution in [3.8, 4) is 0 Å². The average molecular weight is 443 g/mol. The quantitative estimate of drug-likeness (QED) is 0.0974. The van der Waals surface area contributed by atoms with Crippen LogP contribution in [0, 0.1) is 5.41 Å². The van der Waals surface area contributed by atoms with E-state index >= 15 is 0 Å². The maximum absolute atomic E-state index is 13.0. The topological polar surface area (TPSA) is 78.9 Å². The molecule has 0 aromatic rings. The fraction of sp³-hybridized carbons (Fsp3) is 0.880. The lowest BCUT2D eigenvalue weighted by Crippen LogP contribution is -2.49. The third kappa shape index (κ3) is 11.6. The summed E-state index contributed by atoms with van der Waals surface area (Å²) in [6.07, 6.45) is 11.8. The average Bonchev–Trinajstić information content (AvgIpc) is 2.76. The van der Waals surface area contributed by atoms with Crippen LogP contribution in [0.2, 0.25) is 0 Å². The molecule has 0 aliphatic carbocycles. The molecule has 31 heavy (non-hydrogen) atoms. The molecule has 0 unspecified atom stereocenters. The summed E-state index contributed by atoms with van der Waals surface area (Å²) in [5, 5.41) is 0. The van der Waals surface area contributed by atoms with Crippen LogP contribution in [0.5, 0.6) is 0 Å². The minimum absolute atomic E-state index is 0.0301. The molecule has 0 radical (unpaired) electrons. The van der Waals surface area contributed by atoms with Crippen LogP contribution >= 0.6 is 0 Å². The van der Waals surface area contributed by atoms with Crippen molar-refractivity contribution in [2.24, 2.45) is 5.41 Å². The van der Waals surface area contributed by atoms with Crippen molar-refractivity contribution >= 4 is 17.9 Å². The van der Waals surface area contributed by atoms with Gasteiger partial charge in [0, 0.05) is 0 Å². The predicted octanol–water partition coefficient (Wildman–Crippen LogP) is 6.14. The van der Waals surface area contributed by atoms with E-state index in [0.717, 1.165) is 57.8 Å². The molecular formula is C25H46O6. The highest BCUT2D eigenvalue weighted by molar-refractivity contribution is 6.17. The van der Waals surface area contributed by atoms with Crippen LogP contribution in [0.25, 0.3) is 0 Å². The number of rotatable bonds is 20. The van der Waals surface area contributed by atoms with Crippen LogP contribution in [-0.4, -0.2) is 37.7 Å². The number of hydrogen-bond acceptors (Lipinski definition) is 6. The monoisotopic (exact) mass is 442 g/mol. The van der Waals surface area contributed by atoms with Gasteiger partial charge in [-0.3, -0.25) is 14.4 Å². The number of carbonyl (C=O) groups is 3. The van der Waals surface area contributed by atoms with Crippen LogP contribution in [0.1, 0.15) is 118 Å². The second-order valence-corrected chi connectivity index (χ2v) is 8.25. The van der Waals surface area contributed by atoms with Gasteiger partial charge in [0.15, 0.2) is 0 Å². The minimum atomic E-state index is -2.02. The first-order chi connectivity index (χ1) is 15.0. The molecule has 0 fully saturated rings. The van der Waals surface area contributed by atoms with Gasteiger partial charge in [0.1, 0.15) is 0 Å². The second-order valence-electron chi connectivity index (χ2n) is 8.25. The highest BCUT2D eigenvalue weighted by Crippen LogP contribution is 2.31. The summed E-state index contributed by atoms with van der Waals surface area (Å²) < 4.78 is 16.2. The zero-order chi connectivity index (χ0) is 23.4. The highest BCUT2D eigenvalue weighted by Gasteiger charge is 2.56. The molecule has 6 heteroatoms. The van der Waals surface area contributed by atoms with Gasteiger partial charge in [-0.2, -0.15) is 0 Å². The van der Waals surface area contributed by atoms with Crippen LogP contribution in [0.3, 0.4) is 0 Å². The fourth-order valence-corrected chi connectivity index (χ4v) is 3.38. The summed E-state index contributed by atoms with van der Waals surface area (Å²) in [4.78, 5) is 39.1. The first kappa shape index (κ1) is 29.4. The summed E-state index contributed by atoms with van der Waals surface area (Å²) in [6.45, 7) is 8.71. The zero-order valence-corrected chi connectivity index (χ0v) is 20.5. The van der Waals surface area contributed by atoms with Gasteiger partial charge in [-0.25, -0.2) is 0 Å². The normalized spacial score (nSPS) is 11.2. The molecule has 0 saturated carbocycles. The van der Waals surface area contributed by atoms with Crippen LogP contribution in [0.4, 0.5) is 0 Å². The Morgan fingerprint density at radius 3 is 1.06 bits per heavy atom. The van der Waals surface area contributed by atoms with Crippen molar-refractivity contribution in [1.29, 1.82) is 0 Å². The molecular weight excluding hydrogens is 396 g/mol. The van der Waals surface area contributed by atoms with Crippen molar-refractivity contribution < 1.29 is 28.6 Å². The van der Waals surface area contributed by atoms with E-state index in [1.54, 1.807) is 0 Å². The Bertz CT molecular complexity index is 424. The SMILES string of the molecule is CCCCCCOC(=O)C(CCC)(C(=O)OCCCCCC)C(=O)OCCCCCC. The molecule has 0 aliphatic rings. The Morgan fingerprint density at radius 1 is 0.484 bits per heavy atom. The lowest BCUT2D eigenvalue weighted by Gasteiger charge is -2.27. The van der Waals surface area contributed by atoms with E-state index < -0.39 is 23.3 Å². The molecule has 0 amide bonds. The first-order valence-corrected chi connectivity index (χ1v) is 12.5. The number of ether oxygens (including phenoxy) is 3. The molecule has 0 spiro atoms. The van der Waals surface area contributed by atoms with E-state index in [1.807, 2.05) is 6.92 Å². The van der Waals surface area contributed by atoms with E-state index in [-0.39, 0.29) is 26.2 Å². The fourth-order valence-electron chi connectivity index (χ4n) is 3.38. The van der Waals surface area contributed by atoms with Gasteiger partial charge < -0.3 is 14.2 Å². The summed E-state index contributed by atoms with van der Waals surface area (Å²) >= 11 is 0. The lowest BCUT2D eigenvalue weighted by atomic mass is 9.83. The third-order valence-corrected chi connectivity index (χ3v) is 5.36. The van der Waals surface area contributed by atoms with Crippen molar-refractivity contribution in [2.75, 3.05) is 19.8 Å². The van der Waals surface area contributed by atoms with Gasteiger partial charge >= 0.3 is 17.9 Å². The Labute approximate surface area is 189 Å².